The van der Waals surface area contributed by atoms with E-state index in [0.717, 1.165) is 35.3 Å². The maximum Gasteiger partial charge on any atom is 0.233 e. The zero-order chi connectivity index (χ0) is 22.5. The number of carbonyl (C=O) groups is 1. The number of carbonyl (C=O) groups excluding carboxylic acids is 1. The molecule has 3 aromatic rings. The van der Waals surface area contributed by atoms with E-state index >= 15 is 0 Å². The van der Waals surface area contributed by atoms with E-state index < -0.39 is 0 Å². The fourth-order valence-corrected chi connectivity index (χ4v) is 5.23. The number of hydrogen-bond donors (Lipinski definition) is 0. The van der Waals surface area contributed by atoms with Crippen LogP contribution in [0, 0.1) is 0 Å². The summed E-state index contributed by atoms with van der Waals surface area (Å²) in [5.74, 6) is 2.16. The van der Waals surface area contributed by atoms with Gasteiger partial charge in [-0.05, 0) is 62.9 Å². The van der Waals surface area contributed by atoms with Gasteiger partial charge in [-0.3, -0.25) is 9.36 Å². The van der Waals surface area contributed by atoms with Crippen LogP contribution in [0.25, 0.3) is 5.69 Å². The molecule has 0 spiro atoms. The summed E-state index contributed by atoms with van der Waals surface area (Å²) in [6.45, 7) is 4.30. The number of nitrogens with zero attached hydrogens (tertiary/aromatic N) is 4. The Morgan fingerprint density at radius 3 is 2.38 bits per heavy atom. The monoisotopic (exact) mass is 450 g/mol. The molecular weight excluding hydrogens is 420 g/mol. The first-order valence-corrected chi connectivity index (χ1v) is 12.1. The largest absolute Gasteiger partial charge is 0.497 e. The van der Waals surface area contributed by atoms with Crippen LogP contribution in [0.1, 0.15) is 44.5 Å². The molecule has 1 aromatic heterocycles. The second-order valence-electron chi connectivity index (χ2n) is 8.31. The van der Waals surface area contributed by atoms with Crippen molar-refractivity contribution in [3.63, 3.8) is 0 Å². The third-order valence-electron chi connectivity index (χ3n) is 6.04. The zero-order valence-corrected chi connectivity index (χ0v) is 19.7. The third-order valence-corrected chi connectivity index (χ3v) is 6.96. The predicted molar refractivity (Wildman–Crippen MR) is 128 cm³/mol. The van der Waals surface area contributed by atoms with Crippen molar-refractivity contribution in [3.8, 4) is 11.4 Å². The minimum absolute atomic E-state index is 0.170. The summed E-state index contributed by atoms with van der Waals surface area (Å²) in [5, 5.41) is 9.68. The lowest BCUT2D eigenvalue weighted by atomic mass is 9.98. The number of hydrogen-bond acceptors (Lipinski definition) is 5. The normalized spacial score (nSPS) is 18.5. The van der Waals surface area contributed by atoms with E-state index in [9.17, 15) is 4.79 Å². The van der Waals surface area contributed by atoms with Gasteiger partial charge in [-0.2, -0.15) is 0 Å². The van der Waals surface area contributed by atoms with Crippen LogP contribution < -0.4 is 4.74 Å². The SMILES string of the molecule is COc1ccc(-n2c(Cc3ccccc3)nnc2SCC(=O)N2[C@@H](C)CCC[C@@H]2C)cc1. The number of methoxy groups -OCH3 is 1. The molecule has 2 atom stereocenters. The summed E-state index contributed by atoms with van der Waals surface area (Å²) in [4.78, 5) is 15.1. The lowest BCUT2D eigenvalue weighted by Crippen LogP contribution is -2.48. The van der Waals surface area contributed by atoms with Crippen LogP contribution >= 0.6 is 11.8 Å². The molecule has 6 nitrogen and oxygen atoms in total. The molecule has 1 amide bonds. The minimum atomic E-state index is 0.170. The van der Waals surface area contributed by atoms with E-state index in [1.807, 2.05) is 47.0 Å². The Labute approximate surface area is 194 Å². The molecule has 4 rings (SSSR count). The molecule has 0 aliphatic carbocycles. The zero-order valence-electron chi connectivity index (χ0n) is 18.9. The van der Waals surface area contributed by atoms with Gasteiger partial charge in [0.2, 0.25) is 5.91 Å². The van der Waals surface area contributed by atoms with Crippen molar-refractivity contribution in [2.75, 3.05) is 12.9 Å². The Balaban J connectivity index is 1.58. The molecular formula is C25H30N4O2S. The number of aromatic nitrogens is 3. The molecule has 1 saturated heterocycles. The highest BCUT2D eigenvalue weighted by atomic mass is 32.2. The maximum absolute atomic E-state index is 13.1. The second kappa shape index (κ2) is 10.2. The summed E-state index contributed by atoms with van der Waals surface area (Å²) in [5.41, 5.74) is 2.12. The Morgan fingerprint density at radius 1 is 1.03 bits per heavy atom. The lowest BCUT2D eigenvalue weighted by Gasteiger charge is -2.39. The molecule has 1 fully saturated rings. The Morgan fingerprint density at radius 2 is 1.72 bits per heavy atom. The molecule has 0 saturated carbocycles. The van der Waals surface area contributed by atoms with Gasteiger partial charge in [0.15, 0.2) is 5.16 Å². The van der Waals surface area contributed by atoms with E-state index in [0.29, 0.717) is 24.3 Å². The van der Waals surface area contributed by atoms with Crippen molar-refractivity contribution in [2.24, 2.45) is 0 Å². The van der Waals surface area contributed by atoms with Crippen molar-refractivity contribution in [1.82, 2.24) is 19.7 Å². The van der Waals surface area contributed by atoms with E-state index in [4.69, 9.17) is 4.74 Å². The van der Waals surface area contributed by atoms with Gasteiger partial charge in [-0.1, -0.05) is 42.1 Å². The van der Waals surface area contributed by atoms with Crippen molar-refractivity contribution in [1.29, 1.82) is 0 Å². The average Bonchev–Trinajstić information content (AvgIpc) is 3.20. The molecule has 0 radical (unpaired) electrons. The molecule has 2 heterocycles. The Kier molecular flexibility index (Phi) is 7.15. The summed E-state index contributed by atoms with van der Waals surface area (Å²) < 4.78 is 7.36. The van der Waals surface area contributed by atoms with Gasteiger partial charge in [0, 0.05) is 24.2 Å². The highest BCUT2D eigenvalue weighted by molar-refractivity contribution is 7.99. The summed E-state index contributed by atoms with van der Waals surface area (Å²) >= 11 is 1.46. The van der Waals surface area contributed by atoms with Crippen molar-refractivity contribution in [3.05, 3.63) is 66.0 Å². The molecule has 0 N–H and O–H groups in total. The van der Waals surface area contributed by atoms with Gasteiger partial charge < -0.3 is 9.64 Å². The highest BCUT2D eigenvalue weighted by Crippen LogP contribution is 2.28. The fraction of sp³-hybridized carbons (Fsp3) is 0.400. The maximum atomic E-state index is 13.1. The van der Waals surface area contributed by atoms with Gasteiger partial charge in [-0.15, -0.1) is 10.2 Å². The topological polar surface area (TPSA) is 60.2 Å². The molecule has 0 bridgehead atoms. The van der Waals surface area contributed by atoms with E-state index in [1.165, 1.54) is 23.7 Å². The summed E-state index contributed by atoms with van der Waals surface area (Å²) in [7, 11) is 1.66. The van der Waals surface area contributed by atoms with Gasteiger partial charge in [-0.25, -0.2) is 0 Å². The number of amides is 1. The van der Waals surface area contributed by atoms with Crippen molar-refractivity contribution >= 4 is 17.7 Å². The first-order chi connectivity index (χ1) is 15.6. The molecule has 0 unspecified atom stereocenters. The summed E-state index contributed by atoms with van der Waals surface area (Å²) in [6.07, 6.45) is 4.00. The lowest BCUT2D eigenvalue weighted by molar-refractivity contribution is -0.134. The number of piperidine rings is 1. The van der Waals surface area contributed by atoms with E-state index in [1.54, 1.807) is 7.11 Å². The van der Waals surface area contributed by atoms with Crippen LogP contribution in [0.15, 0.2) is 59.8 Å². The second-order valence-corrected chi connectivity index (χ2v) is 9.26. The van der Waals surface area contributed by atoms with Gasteiger partial charge in [0.25, 0.3) is 0 Å². The number of ether oxygens (including phenoxy) is 1. The molecule has 2 aromatic carbocycles. The molecule has 32 heavy (non-hydrogen) atoms. The number of rotatable bonds is 7. The number of thioether (sulfide) groups is 1. The molecule has 1 aliphatic rings. The Hall–Kier alpha value is -2.80. The van der Waals surface area contributed by atoms with Crippen molar-refractivity contribution < 1.29 is 9.53 Å². The third kappa shape index (κ3) is 4.99. The fourth-order valence-electron chi connectivity index (χ4n) is 4.39. The minimum Gasteiger partial charge on any atom is -0.497 e. The van der Waals surface area contributed by atoms with E-state index in [-0.39, 0.29) is 5.91 Å². The average molecular weight is 451 g/mol. The predicted octanol–water partition coefficient (Wildman–Crippen LogP) is 4.75. The van der Waals surface area contributed by atoms with Crippen molar-refractivity contribution in [2.45, 2.75) is 56.8 Å². The molecule has 168 valence electrons. The Bertz CT molecular complexity index is 1030. The van der Waals surface area contributed by atoms with Crippen LogP contribution in [0.2, 0.25) is 0 Å². The van der Waals surface area contributed by atoms with Gasteiger partial charge >= 0.3 is 0 Å². The van der Waals surface area contributed by atoms with Crippen LogP contribution in [0.4, 0.5) is 0 Å². The first kappa shape index (κ1) is 22.4. The van der Waals surface area contributed by atoms with Gasteiger partial charge in [0.1, 0.15) is 11.6 Å². The van der Waals surface area contributed by atoms with E-state index in [2.05, 4.69) is 41.1 Å². The smallest absolute Gasteiger partial charge is 0.233 e. The standard InChI is InChI=1S/C25H30N4O2S/c1-18-8-7-9-19(2)28(18)24(30)17-32-25-27-26-23(16-20-10-5-4-6-11-20)29(25)21-12-14-22(31-3)15-13-21/h4-6,10-15,18-19H,7-9,16-17H2,1-3H3/t18-,19-/m0/s1. The van der Waals surface area contributed by atoms with Crippen LogP contribution in [-0.4, -0.2) is 50.5 Å². The quantitative estimate of drug-likeness (QED) is 0.486. The molecule has 7 heteroatoms. The van der Waals surface area contributed by atoms with Crippen LogP contribution in [0.3, 0.4) is 0 Å². The highest BCUT2D eigenvalue weighted by Gasteiger charge is 2.29. The first-order valence-electron chi connectivity index (χ1n) is 11.1. The van der Waals surface area contributed by atoms with Crippen LogP contribution in [-0.2, 0) is 11.2 Å². The summed E-state index contributed by atoms with van der Waals surface area (Å²) in [6, 6.07) is 18.7. The molecule has 1 aliphatic heterocycles. The van der Waals surface area contributed by atoms with Crippen LogP contribution in [0.5, 0.6) is 5.75 Å². The van der Waals surface area contributed by atoms with Gasteiger partial charge in [0.05, 0.1) is 12.9 Å². The number of likely N-dealkylation sites (tertiary alicyclic amines) is 1. The number of benzene rings is 2.